The number of fused-ring (bicyclic) bond motifs is 1. The number of hydrogen-bond donors (Lipinski definition) is 2. The maximum absolute atomic E-state index is 13.3. The molecule has 2 heterocycles. The number of nitrogens with two attached hydrogens (primary N) is 1. The molecule has 9 heteroatoms. The van der Waals surface area contributed by atoms with Crippen LogP contribution in [0.4, 0.5) is 18.9 Å². The topological polar surface area (TPSA) is 84.1 Å². The maximum Gasteiger partial charge on any atom is 0.418 e. The summed E-state index contributed by atoms with van der Waals surface area (Å²) in [5, 5.41) is 3.31. The van der Waals surface area contributed by atoms with E-state index in [0.717, 1.165) is 12.5 Å². The lowest BCUT2D eigenvalue weighted by Gasteiger charge is -2.38. The molecule has 146 valence electrons. The van der Waals surface area contributed by atoms with Crippen molar-refractivity contribution in [2.75, 3.05) is 24.5 Å². The number of alkyl halides is 3. The van der Waals surface area contributed by atoms with Crippen LogP contribution in [0.25, 0.3) is 11.0 Å². The molecule has 1 amide bonds. The number of nitrogens with one attached hydrogen (secondary N) is 1. The van der Waals surface area contributed by atoms with Crippen LogP contribution in [0.3, 0.4) is 0 Å². The fraction of sp³-hybridized carbons (Fsp3) is 0.500. The summed E-state index contributed by atoms with van der Waals surface area (Å²) in [5.74, 6) is -0.0361. The third kappa shape index (κ3) is 4.47. The number of carbonyl (C=O) groups excluding carboxylic acids is 1. The Labute approximate surface area is 155 Å². The van der Waals surface area contributed by atoms with Crippen molar-refractivity contribution in [3.63, 3.8) is 0 Å². The number of hydrogen-bond acceptors (Lipinski definition) is 5. The minimum Gasteiger partial charge on any atom is -0.370 e. The van der Waals surface area contributed by atoms with Gasteiger partial charge in [-0.3, -0.25) is 14.8 Å². The molecule has 0 radical (unpaired) electrons. The number of piperidine rings is 1. The molecule has 1 aromatic carbocycles. The first kappa shape index (κ1) is 19.3. The van der Waals surface area contributed by atoms with Gasteiger partial charge in [-0.15, -0.1) is 0 Å². The highest BCUT2D eigenvalue weighted by atomic mass is 19.4. The van der Waals surface area contributed by atoms with Gasteiger partial charge in [0.2, 0.25) is 5.91 Å². The normalized spacial score (nSPS) is 20.8. The number of amides is 1. The maximum atomic E-state index is 13.3. The largest absolute Gasteiger partial charge is 0.418 e. The standard InChI is InChI=1S/C18H22F3N5O/c1-11-8-12(23-5-4-15(22)27)10-26(9-11)14-3-2-13(18(19,20)21)16-17(14)25-7-6-24-16/h2-3,6-7,11-12,23H,4-5,8-10H2,1H3,(H2,22,27)/t11-,12?/m0/s1. The van der Waals surface area contributed by atoms with Gasteiger partial charge in [0, 0.05) is 44.5 Å². The number of benzene rings is 1. The zero-order chi connectivity index (χ0) is 19.6. The molecule has 1 aliphatic heterocycles. The summed E-state index contributed by atoms with van der Waals surface area (Å²) in [4.78, 5) is 21.1. The molecule has 2 atom stereocenters. The van der Waals surface area contributed by atoms with E-state index < -0.39 is 11.7 Å². The third-order valence-electron chi connectivity index (χ3n) is 4.71. The first-order valence-corrected chi connectivity index (χ1v) is 8.83. The van der Waals surface area contributed by atoms with E-state index in [0.29, 0.717) is 31.2 Å². The van der Waals surface area contributed by atoms with Gasteiger partial charge in [0.1, 0.15) is 11.0 Å². The van der Waals surface area contributed by atoms with Crippen LogP contribution >= 0.6 is 0 Å². The Hall–Kier alpha value is -2.42. The van der Waals surface area contributed by atoms with Crippen LogP contribution in [0.1, 0.15) is 25.3 Å². The first-order chi connectivity index (χ1) is 12.8. The number of primary amides is 1. The monoisotopic (exact) mass is 381 g/mol. The highest BCUT2D eigenvalue weighted by Gasteiger charge is 2.35. The number of anilines is 1. The molecule has 0 aliphatic carbocycles. The number of nitrogens with zero attached hydrogens (tertiary/aromatic N) is 3. The second-order valence-electron chi connectivity index (χ2n) is 7.00. The van der Waals surface area contributed by atoms with Crippen molar-refractivity contribution in [1.29, 1.82) is 0 Å². The minimum atomic E-state index is -4.49. The van der Waals surface area contributed by atoms with Crippen molar-refractivity contribution in [3.05, 3.63) is 30.1 Å². The molecular weight excluding hydrogens is 359 g/mol. The van der Waals surface area contributed by atoms with Crippen molar-refractivity contribution >= 4 is 22.6 Å². The summed E-state index contributed by atoms with van der Waals surface area (Å²) in [6.07, 6.45) is -0.643. The smallest absolute Gasteiger partial charge is 0.370 e. The quantitative estimate of drug-likeness (QED) is 0.831. The first-order valence-electron chi connectivity index (χ1n) is 8.83. The van der Waals surface area contributed by atoms with E-state index in [-0.39, 0.29) is 29.4 Å². The molecule has 6 nitrogen and oxygen atoms in total. The lowest BCUT2D eigenvalue weighted by molar-refractivity contribution is -0.136. The molecule has 3 rings (SSSR count). The van der Waals surface area contributed by atoms with E-state index in [9.17, 15) is 18.0 Å². The van der Waals surface area contributed by atoms with Gasteiger partial charge in [0.15, 0.2) is 0 Å². The van der Waals surface area contributed by atoms with Crippen molar-refractivity contribution in [1.82, 2.24) is 15.3 Å². The molecule has 0 spiro atoms. The molecule has 1 unspecified atom stereocenters. The molecule has 3 N–H and O–H groups in total. The average Bonchev–Trinajstić information content (AvgIpc) is 2.59. The van der Waals surface area contributed by atoms with Gasteiger partial charge < -0.3 is 16.0 Å². The summed E-state index contributed by atoms with van der Waals surface area (Å²) in [6.45, 7) is 3.90. The lowest BCUT2D eigenvalue weighted by Crippen LogP contribution is -2.49. The van der Waals surface area contributed by atoms with E-state index in [1.807, 2.05) is 4.90 Å². The highest BCUT2D eigenvalue weighted by molar-refractivity contribution is 5.90. The predicted octanol–water partition coefficient (Wildman–Crippen LogP) is 2.33. The minimum absolute atomic E-state index is 0.113. The van der Waals surface area contributed by atoms with Crippen LogP contribution in [-0.4, -0.2) is 41.6 Å². The van der Waals surface area contributed by atoms with Crippen molar-refractivity contribution in [2.45, 2.75) is 32.0 Å². The zero-order valence-corrected chi connectivity index (χ0v) is 15.0. The van der Waals surface area contributed by atoms with Crippen molar-refractivity contribution < 1.29 is 18.0 Å². The van der Waals surface area contributed by atoms with Crippen LogP contribution < -0.4 is 16.0 Å². The average molecular weight is 381 g/mol. The van der Waals surface area contributed by atoms with Crippen LogP contribution in [0.15, 0.2) is 24.5 Å². The second-order valence-corrected chi connectivity index (χ2v) is 7.00. The van der Waals surface area contributed by atoms with E-state index in [2.05, 4.69) is 22.2 Å². The van der Waals surface area contributed by atoms with Gasteiger partial charge >= 0.3 is 6.18 Å². The molecule has 1 aliphatic rings. The molecule has 1 fully saturated rings. The van der Waals surface area contributed by atoms with Crippen LogP contribution in [0.2, 0.25) is 0 Å². The SMILES string of the molecule is C[C@H]1CC(NCCC(N)=O)CN(c2ccc(C(F)(F)F)c3nccnc23)C1. The Bertz CT molecular complexity index is 826. The van der Waals surface area contributed by atoms with Gasteiger partial charge in [0.05, 0.1) is 11.3 Å². The van der Waals surface area contributed by atoms with Gasteiger partial charge in [0.25, 0.3) is 0 Å². The number of halogens is 3. The number of rotatable bonds is 5. The predicted molar refractivity (Wildman–Crippen MR) is 96.1 cm³/mol. The fourth-order valence-electron chi connectivity index (χ4n) is 3.62. The zero-order valence-electron chi connectivity index (χ0n) is 15.0. The Morgan fingerprint density at radius 1 is 1.26 bits per heavy atom. The summed E-state index contributed by atoms with van der Waals surface area (Å²) < 4.78 is 39.9. The Morgan fingerprint density at radius 2 is 1.96 bits per heavy atom. The number of carbonyl (C=O) groups is 1. The van der Waals surface area contributed by atoms with E-state index in [1.165, 1.54) is 18.5 Å². The molecule has 27 heavy (non-hydrogen) atoms. The van der Waals surface area contributed by atoms with E-state index >= 15 is 0 Å². The van der Waals surface area contributed by atoms with Crippen LogP contribution in [0.5, 0.6) is 0 Å². The number of aromatic nitrogens is 2. The molecule has 0 saturated carbocycles. The van der Waals surface area contributed by atoms with E-state index in [4.69, 9.17) is 5.73 Å². The van der Waals surface area contributed by atoms with E-state index in [1.54, 1.807) is 0 Å². The summed E-state index contributed by atoms with van der Waals surface area (Å²) >= 11 is 0. The molecular formula is C18H22F3N5O. The van der Waals surface area contributed by atoms with Crippen LogP contribution in [0, 0.1) is 5.92 Å². The summed E-state index contributed by atoms with van der Waals surface area (Å²) in [5.41, 5.74) is 5.13. The van der Waals surface area contributed by atoms with Gasteiger partial charge in [-0.05, 0) is 24.5 Å². The third-order valence-corrected chi connectivity index (χ3v) is 4.71. The second kappa shape index (κ2) is 7.67. The Kier molecular flexibility index (Phi) is 5.50. The lowest BCUT2D eigenvalue weighted by atomic mass is 9.95. The Morgan fingerprint density at radius 3 is 2.63 bits per heavy atom. The molecule has 1 aromatic heterocycles. The highest BCUT2D eigenvalue weighted by Crippen LogP contribution is 2.37. The fourth-order valence-corrected chi connectivity index (χ4v) is 3.62. The van der Waals surface area contributed by atoms with Gasteiger partial charge in [-0.1, -0.05) is 6.92 Å². The molecule has 1 saturated heterocycles. The Balaban J connectivity index is 1.89. The summed E-state index contributed by atoms with van der Waals surface area (Å²) in [6, 6.07) is 2.65. The summed E-state index contributed by atoms with van der Waals surface area (Å²) in [7, 11) is 0. The van der Waals surface area contributed by atoms with Gasteiger partial charge in [-0.2, -0.15) is 13.2 Å². The molecule has 2 aromatic rings. The van der Waals surface area contributed by atoms with Crippen molar-refractivity contribution in [2.24, 2.45) is 11.7 Å². The van der Waals surface area contributed by atoms with Gasteiger partial charge in [-0.25, -0.2) is 0 Å². The van der Waals surface area contributed by atoms with Crippen molar-refractivity contribution in [3.8, 4) is 0 Å². The van der Waals surface area contributed by atoms with Crippen LogP contribution in [-0.2, 0) is 11.0 Å². The molecule has 0 bridgehead atoms.